The van der Waals surface area contributed by atoms with Gasteiger partial charge < -0.3 is 26.4 Å². The summed E-state index contributed by atoms with van der Waals surface area (Å²) in [7, 11) is 0. The van der Waals surface area contributed by atoms with Crippen LogP contribution in [0.15, 0.2) is 17.1 Å². The van der Waals surface area contributed by atoms with Gasteiger partial charge >= 0.3 is 5.69 Å². The van der Waals surface area contributed by atoms with Crippen molar-refractivity contribution in [2.75, 3.05) is 5.73 Å². The molecule has 114 valence electrons. The Morgan fingerprint density at radius 3 is 2.86 bits per heavy atom. The zero-order chi connectivity index (χ0) is 15.8. The minimum absolute atomic E-state index is 0.0351. The molecule has 2 rings (SSSR count). The first-order chi connectivity index (χ1) is 9.81. The third-order valence-corrected chi connectivity index (χ3v) is 3.43. The maximum Gasteiger partial charge on any atom is 0.351 e. The molecular formula is C12H15ClN4O4. The van der Waals surface area contributed by atoms with Crippen LogP contribution < -0.4 is 17.2 Å². The van der Waals surface area contributed by atoms with Crippen LogP contribution in [0.5, 0.6) is 0 Å². The fourth-order valence-corrected chi connectivity index (χ4v) is 2.41. The SMILES string of the molecule is C[C@@H](O)[C@H]1O[C@@H](n2ccc(N)nc2=O)[C@@](N)(C#CCl)C1O. The number of nitrogens with zero attached hydrogens (tertiary/aromatic N) is 2. The summed E-state index contributed by atoms with van der Waals surface area (Å²) in [5, 5.41) is 22.0. The molecular weight excluding hydrogens is 300 g/mol. The van der Waals surface area contributed by atoms with Crippen molar-refractivity contribution in [2.24, 2.45) is 5.73 Å². The molecule has 2 heterocycles. The van der Waals surface area contributed by atoms with E-state index in [9.17, 15) is 15.0 Å². The van der Waals surface area contributed by atoms with E-state index in [0.29, 0.717) is 0 Å². The Bertz CT molecular complexity index is 653. The highest BCUT2D eigenvalue weighted by Gasteiger charge is 2.55. The lowest BCUT2D eigenvalue weighted by Crippen LogP contribution is -2.55. The summed E-state index contributed by atoms with van der Waals surface area (Å²) < 4.78 is 6.55. The van der Waals surface area contributed by atoms with Gasteiger partial charge in [0, 0.05) is 11.6 Å². The fraction of sp³-hybridized carbons (Fsp3) is 0.500. The van der Waals surface area contributed by atoms with E-state index in [-0.39, 0.29) is 5.82 Å². The Balaban J connectivity index is 2.54. The molecule has 0 bridgehead atoms. The van der Waals surface area contributed by atoms with Crippen LogP contribution in [0.2, 0.25) is 0 Å². The van der Waals surface area contributed by atoms with E-state index in [4.69, 9.17) is 27.8 Å². The Morgan fingerprint density at radius 2 is 2.33 bits per heavy atom. The predicted octanol–water partition coefficient (Wildman–Crippen LogP) is -1.64. The number of aliphatic hydroxyl groups is 2. The molecule has 0 aliphatic carbocycles. The second-order valence-electron chi connectivity index (χ2n) is 4.83. The zero-order valence-electron chi connectivity index (χ0n) is 11.1. The van der Waals surface area contributed by atoms with Crippen LogP contribution in [0.1, 0.15) is 13.2 Å². The van der Waals surface area contributed by atoms with Crippen molar-refractivity contribution in [1.82, 2.24) is 9.55 Å². The molecule has 21 heavy (non-hydrogen) atoms. The Hall–Kier alpha value is -1.63. The highest BCUT2D eigenvalue weighted by Crippen LogP contribution is 2.37. The van der Waals surface area contributed by atoms with Gasteiger partial charge in [0.15, 0.2) is 11.8 Å². The van der Waals surface area contributed by atoms with Crippen LogP contribution >= 0.6 is 11.6 Å². The van der Waals surface area contributed by atoms with Crippen LogP contribution in [0.3, 0.4) is 0 Å². The molecule has 0 radical (unpaired) electrons. The zero-order valence-corrected chi connectivity index (χ0v) is 11.9. The molecule has 0 saturated carbocycles. The highest BCUT2D eigenvalue weighted by molar-refractivity contribution is 6.30. The Kier molecular flexibility index (Phi) is 4.22. The molecule has 9 heteroatoms. The summed E-state index contributed by atoms with van der Waals surface area (Å²) in [6.45, 7) is 1.43. The van der Waals surface area contributed by atoms with E-state index in [2.05, 4.69) is 16.3 Å². The summed E-state index contributed by atoms with van der Waals surface area (Å²) >= 11 is 5.39. The van der Waals surface area contributed by atoms with Gasteiger partial charge in [-0.25, -0.2) is 4.79 Å². The summed E-state index contributed by atoms with van der Waals surface area (Å²) in [6, 6.07) is 1.38. The van der Waals surface area contributed by atoms with Crippen molar-refractivity contribution in [1.29, 1.82) is 0 Å². The Morgan fingerprint density at radius 1 is 1.67 bits per heavy atom. The van der Waals surface area contributed by atoms with Gasteiger partial charge in [0.1, 0.15) is 18.0 Å². The summed E-state index contributed by atoms with van der Waals surface area (Å²) in [4.78, 5) is 15.5. The minimum atomic E-state index is -1.68. The topological polar surface area (TPSA) is 137 Å². The minimum Gasteiger partial charge on any atom is -0.391 e. The number of nitrogen functional groups attached to an aromatic ring is 1. The van der Waals surface area contributed by atoms with Gasteiger partial charge in [-0.05, 0) is 24.6 Å². The lowest BCUT2D eigenvalue weighted by Gasteiger charge is -2.27. The fourth-order valence-electron chi connectivity index (χ4n) is 2.25. The molecule has 8 nitrogen and oxygen atoms in total. The lowest BCUT2D eigenvalue weighted by molar-refractivity contribution is -0.0778. The number of halogens is 1. The van der Waals surface area contributed by atoms with Crippen LogP contribution in [0, 0.1) is 11.3 Å². The predicted molar refractivity (Wildman–Crippen MR) is 75.1 cm³/mol. The van der Waals surface area contributed by atoms with Crippen LogP contribution in [-0.2, 0) is 4.74 Å². The number of hydrogen-bond acceptors (Lipinski definition) is 7. The maximum atomic E-state index is 11.9. The van der Waals surface area contributed by atoms with Crippen molar-refractivity contribution in [3.8, 4) is 11.3 Å². The van der Waals surface area contributed by atoms with Crippen molar-refractivity contribution >= 4 is 17.4 Å². The molecule has 5 atom stereocenters. The monoisotopic (exact) mass is 314 g/mol. The van der Waals surface area contributed by atoms with Crippen LogP contribution in [0.4, 0.5) is 5.82 Å². The second-order valence-corrected chi connectivity index (χ2v) is 5.02. The lowest BCUT2D eigenvalue weighted by atomic mass is 9.90. The van der Waals surface area contributed by atoms with E-state index < -0.39 is 35.8 Å². The van der Waals surface area contributed by atoms with E-state index in [1.165, 1.54) is 19.2 Å². The van der Waals surface area contributed by atoms with E-state index in [1.807, 2.05) is 0 Å². The number of nitrogens with two attached hydrogens (primary N) is 2. The molecule has 0 aromatic carbocycles. The van der Waals surface area contributed by atoms with Gasteiger partial charge in [-0.1, -0.05) is 5.92 Å². The molecule has 1 fully saturated rings. The number of hydrogen-bond donors (Lipinski definition) is 4. The van der Waals surface area contributed by atoms with Crippen molar-refractivity contribution in [3.05, 3.63) is 22.7 Å². The normalized spacial score (nSPS) is 33.3. The molecule has 1 aromatic rings. The second kappa shape index (κ2) is 5.63. The number of anilines is 1. The largest absolute Gasteiger partial charge is 0.391 e. The van der Waals surface area contributed by atoms with E-state index >= 15 is 0 Å². The first kappa shape index (κ1) is 15.8. The average Bonchev–Trinajstić information content (AvgIpc) is 2.64. The third kappa shape index (κ3) is 2.62. The van der Waals surface area contributed by atoms with Gasteiger partial charge in [-0.3, -0.25) is 4.57 Å². The standard InChI is InChI=1S/C12H15ClN4O4/c1-6(18)8-9(19)12(15,3-4-13)10(21-8)17-5-2-7(14)16-11(17)20/h2,5-6,8-10,18-19H,15H2,1H3,(H2,14,16,20)/t6-,8-,9?,10-,12-/m1/s1. The van der Waals surface area contributed by atoms with Gasteiger partial charge in [0.05, 0.1) is 6.10 Å². The summed E-state index contributed by atoms with van der Waals surface area (Å²) in [5.41, 5.74) is 9.09. The van der Waals surface area contributed by atoms with Gasteiger partial charge in [-0.2, -0.15) is 4.98 Å². The molecule has 0 spiro atoms. The van der Waals surface area contributed by atoms with Crippen LogP contribution in [-0.4, -0.2) is 43.6 Å². The average molecular weight is 315 g/mol. The molecule has 6 N–H and O–H groups in total. The first-order valence-electron chi connectivity index (χ1n) is 6.09. The number of rotatable bonds is 2. The van der Waals surface area contributed by atoms with E-state index in [1.54, 1.807) is 0 Å². The summed E-state index contributed by atoms with van der Waals surface area (Å²) in [5.74, 6) is 2.47. The molecule has 1 aliphatic rings. The number of aliphatic hydroxyl groups excluding tert-OH is 2. The smallest absolute Gasteiger partial charge is 0.351 e. The van der Waals surface area contributed by atoms with Crippen molar-refractivity contribution in [3.63, 3.8) is 0 Å². The van der Waals surface area contributed by atoms with Crippen molar-refractivity contribution < 1.29 is 14.9 Å². The molecule has 1 aliphatic heterocycles. The summed E-state index contributed by atoms with van der Waals surface area (Å²) in [6.07, 6.45) is -3.24. The molecule has 0 amide bonds. The number of aromatic nitrogens is 2. The van der Waals surface area contributed by atoms with Gasteiger partial charge in [-0.15, -0.1) is 0 Å². The van der Waals surface area contributed by atoms with E-state index in [0.717, 1.165) is 4.57 Å². The van der Waals surface area contributed by atoms with Crippen molar-refractivity contribution in [2.45, 2.75) is 37.0 Å². The first-order valence-corrected chi connectivity index (χ1v) is 6.47. The third-order valence-electron chi connectivity index (χ3n) is 3.34. The number of ether oxygens (including phenoxy) is 1. The van der Waals surface area contributed by atoms with Crippen LogP contribution in [0.25, 0.3) is 0 Å². The quantitative estimate of drug-likeness (QED) is 0.481. The molecule has 1 saturated heterocycles. The Labute approximate surface area is 125 Å². The molecule has 1 aromatic heterocycles. The van der Waals surface area contributed by atoms with Gasteiger partial charge in [0.2, 0.25) is 0 Å². The highest BCUT2D eigenvalue weighted by atomic mass is 35.5. The van der Waals surface area contributed by atoms with Gasteiger partial charge in [0.25, 0.3) is 0 Å². The maximum absolute atomic E-state index is 11.9. The molecule has 1 unspecified atom stereocenters.